The molecule has 3 heterocycles. The van der Waals surface area contributed by atoms with Crippen molar-refractivity contribution < 1.29 is 9.26 Å². The van der Waals surface area contributed by atoms with Crippen LogP contribution in [0, 0.1) is 33.6 Å². The van der Waals surface area contributed by atoms with Gasteiger partial charge in [0.2, 0.25) is 0 Å². The molecule has 3 rings (SSSR count). The molecule has 0 aromatic carbocycles. The molecule has 0 saturated carbocycles. The van der Waals surface area contributed by atoms with Crippen LogP contribution < -0.4 is 4.90 Å². The van der Waals surface area contributed by atoms with E-state index in [4.69, 9.17) is 9.26 Å². The van der Waals surface area contributed by atoms with Gasteiger partial charge in [0.05, 0.1) is 11.8 Å². The Hall–Kier alpha value is -1.95. The minimum atomic E-state index is 0.162. The Morgan fingerprint density at radius 3 is 2.65 bits per heavy atom. The summed E-state index contributed by atoms with van der Waals surface area (Å²) in [6, 6.07) is 2.00. The maximum atomic E-state index is 5.71. The Bertz CT molecular complexity index is 698. The van der Waals surface area contributed by atoms with Crippen molar-refractivity contribution in [2.24, 2.45) is 5.92 Å². The van der Waals surface area contributed by atoms with E-state index in [1.54, 1.807) is 7.11 Å². The molecule has 0 N–H and O–H groups in total. The highest BCUT2D eigenvalue weighted by Gasteiger charge is 2.35. The van der Waals surface area contributed by atoms with Crippen molar-refractivity contribution in [2.75, 3.05) is 25.1 Å². The Morgan fingerprint density at radius 1 is 1.22 bits per heavy atom. The number of aryl methyl sites for hydroxylation is 3. The summed E-state index contributed by atoms with van der Waals surface area (Å²) in [6.07, 6.45) is 0.994. The molecule has 6 nitrogen and oxygen atoms in total. The fourth-order valence-electron chi connectivity index (χ4n) is 3.31. The lowest BCUT2D eigenvalue weighted by atomic mass is 10.0. The quantitative estimate of drug-likeness (QED) is 0.863. The van der Waals surface area contributed by atoms with Gasteiger partial charge in [-0.1, -0.05) is 5.16 Å². The maximum Gasteiger partial charge on any atom is 0.137 e. The summed E-state index contributed by atoms with van der Waals surface area (Å²) in [4.78, 5) is 11.4. The molecule has 23 heavy (non-hydrogen) atoms. The number of aromatic nitrogens is 3. The van der Waals surface area contributed by atoms with Gasteiger partial charge in [0.1, 0.15) is 17.4 Å². The van der Waals surface area contributed by atoms with Crippen molar-refractivity contribution in [3.8, 4) is 0 Å². The summed E-state index contributed by atoms with van der Waals surface area (Å²) in [5.41, 5.74) is 3.10. The van der Waals surface area contributed by atoms with E-state index in [1.807, 2.05) is 26.8 Å². The topological polar surface area (TPSA) is 64.3 Å². The summed E-state index contributed by atoms with van der Waals surface area (Å²) in [5, 5.41) is 3.97. The first-order chi connectivity index (χ1) is 11.0. The number of hydrogen-bond acceptors (Lipinski definition) is 6. The molecule has 124 valence electrons. The lowest BCUT2D eigenvalue weighted by Gasteiger charge is -2.20. The Labute approximate surface area is 136 Å². The van der Waals surface area contributed by atoms with Crippen LogP contribution in [0.25, 0.3) is 0 Å². The highest BCUT2D eigenvalue weighted by Crippen LogP contribution is 2.29. The van der Waals surface area contributed by atoms with Crippen molar-refractivity contribution in [3.05, 3.63) is 34.6 Å². The molecular formula is C17H24N4O2. The molecule has 1 fully saturated rings. The van der Waals surface area contributed by atoms with Gasteiger partial charge in [0.15, 0.2) is 0 Å². The van der Waals surface area contributed by atoms with Crippen LogP contribution in [-0.2, 0) is 11.2 Å². The molecule has 1 aliphatic heterocycles. The van der Waals surface area contributed by atoms with E-state index in [0.717, 1.165) is 53.9 Å². The fourth-order valence-corrected chi connectivity index (χ4v) is 3.31. The van der Waals surface area contributed by atoms with E-state index in [-0.39, 0.29) is 6.10 Å². The summed E-state index contributed by atoms with van der Waals surface area (Å²) in [6.45, 7) is 9.73. The highest BCUT2D eigenvalue weighted by molar-refractivity contribution is 5.49. The first-order valence-electron chi connectivity index (χ1n) is 7.99. The summed E-state index contributed by atoms with van der Waals surface area (Å²) in [7, 11) is 1.77. The van der Waals surface area contributed by atoms with Crippen LogP contribution >= 0.6 is 0 Å². The number of nitrogens with zero attached hydrogens (tertiary/aromatic N) is 4. The number of hydrogen-bond donors (Lipinski definition) is 0. The third-order valence-electron chi connectivity index (χ3n) is 4.60. The molecular weight excluding hydrogens is 292 g/mol. The zero-order chi connectivity index (χ0) is 16.6. The molecule has 0 aliphatic carbocycles. The van der Waals surface area contributed by atoms with Gasteiger partial charge in [-0.25, -0.2) is 9.97 Å². The fraction of sp³-hybridized carbons (Fsp3) is 0.588. The molecule has 2 aromatic rings. The van der Waals surface area contributed by atoms with Crippen molar-refractivity contribution in [1.82, 2.24) is 15.1 Å². The minimum absolute atomic E-state index is 0.162. The Balaban J connectivity index is 1.81. The van der Waals surface area contributed by atoms with Gasteiger partial charge in [-0.05, 0) is 27.7 Å². The van der Waals surface area contributed by atoms with Crippen LogP contribution in [0.2, 0.25) is 0 Å². The second kappa shape index (κ2) is 6.28. The average molecular weight is 316 g/mol. The second-order valence-corrected chi connectivity index (χ2v) is 6.38. The maximum absolute atomic E-state index is 5.71. The summed E-state index contributed by atoms with van der Waals surface area (Å²) >= 11 is 0. The van der Waals surface area contributed by atoms with Crippen LogP contribution in [0.5, 0.6) is 0 Å². The van der Waals surface area contributed by atoms with Gasteiger partial charge in [-0.2, -0.15) is 0 Å². The van der Waals surface area contributed by atoms with E-state index in [9.17, 15) is 0 Å². The van der Waals surface area contributed by atoms with Crippen LogP contribution in [-0.4, -0.2) is 41.4 Å². The smallest absolute Gasteiger partial charge is 0.137 e. The van der Waals surface area contributed by atoms with Gasteiger partial charge in [0.25, 0.3) is 0 Å². The number of anilines is 1. The predicted octanol–water partition coefficient (Wildman–Crippen LogP) is 2.39. The Kier molecular flexibility index (Phi) is 4.35. The Morgan fingerprint density at radius 2 is 2.00 bits per heavy atom. The standard InChI is InChI=1S/C17H24N4O2/c1-10-6-15(23-20-10)7-14-8-21(9-16(14)22-5)17-11(2)12(3)18-13(4)19-17/h6,14,16H,7-9H2,1-5H3/t14-,16+/m1/s1. The van der Waals surface area contributed by atoms with Gasteiger partial charge >= 0.3 is 0 Å². The van der Waals surface area contributed by atoms with Gasteiger partial charge in [0, 0.05) is 49.9 Å². The molecule has 6 heteroatoms. The third-order valence-corrected chi connectivity index (χ3v) is 4.60. The van der Waals surface area contributed by atoms with E-state index in [1.165, 1.54) is 0 Å². The van der Waals surface area contributed by atoms with Crippen LogP contribution in [0.4, 0.5) is 5.82 Å². The number of methoxy groups -OCH3 is 1. The zero-order valence-corrected chi connectivity index (χ0v) is 14.5. The van der Waals surface area contributed by atoms with Gasteiger partial charge in [-0.15, -0.1) is 0 Å². The third kappa shape index (κ3) is 3.22. The molecule has 2 atom stereocenters. The average Bonchev–Trinajstić information content (AvgIpc) is 3.09. The van der Waals surface area contributed by atoms with Crippen LogP contribution in [0.15, 0.2) is 10.6 Å². The van der Waals surface area contributed by atoms with E-state index >= 15 is 0 Å². The SMILES string of the molecule is CO[C@H]1CN(c2nc(C)nc(C)c2C)C[C@H]1Cc1cc(C)no1. The lowest BCUT2D eigenvalue weighted by Crippen LogP contribution is -2.25. The molecule has 0 amide bonds. The van der Waals surface area contributed by atoms with E-state index in [2.05, 4.69) is 26.9 Å². The second-order valence-electron chi connectivity index (χ2n) is 6.38. The minimum Gasteiger partial charge on any atom is -0.379 e. The molecule has 0 unspecified atom stereocenters. The van der Waals surface area contributed by atoms with Crippen LogP contribution in [0.3, 0.4) is 0 Å². The number of ether oxygens (including phenoxy) is 1. The van der Waals surface area contributed by atoms with Gasteiger partial charge in [-0.3, -0.25) is 0 Å². The molecule has 1 saturated heterocycles. The summed E-state index contributed by atoms with van der Waals surface area (Å²) < 4.78 is 11.1. The number of rotatable bonds is 4. The first-order valence-corrected chi connectivity index (χ1v) is 7.99. The molecule has 1 aliphatic rings. The monoisotopic (exact) mass is 316 g/mol. The summed E-state index contributed by atoms with van der Waals surface area (Å²) in [5.74, 6) is 3.12. The van der Waals surface area contributed by atoms with Gasteiger partial charge < -0.3 is 14.2 Å². The molecule has 0 spiro atoms. The molecule has 2 aromatic heterocycles. The lowest BCUT2D eigenvalue weighted by molar-refractivity contribution is 0.0812. The van der Waals surface area contributed by atoms with Crippen molar-refractivity contribution in [1.29, 1.82) is 0 Å². The van der Waals surface area contributed by atoms with E-state index < -0.39 is 0 Å². The van der Waals surface area contributed by atoms with Crippen molar-refractivity contribution in [2.45, 2.75) is 40.2 Å². The normalized spacial score (nSPS) is 21.2. The molecule has 0 bridgehead atoms. The largest absolute Gasteiger partial charge is 0.379 e. The predicted molar refractivity (Wildman–Crippen MR) is 87.7 cm³/mol. The molecule has 0 radical (unpaired) electrons. The highest BCUT2D eigenvalue weighted by atomic mass is 16.5. The van der Waals surface area contributed by atoms with E-state index in [0.29, 0.717) is 5.92 Å². The first kappa shape index (κ1) is 15.9. The van der Waals surface area contributed by atoms with Crippen LogP contribution in [0.1, 0.15) is 28.5 Å². The zero-order valence-electron chi connectivity index (χ0n) is 14.5. The van der Waals surface area contributed by atoms with Crippen molar-refractivity contribution >= 4 is 5.82 Å². The van der Waals surface area contributed by atoms with Crippen molar-refractivity contribution in [3.63, 3.8) is 0 Å².